The van der Waals surface area contributed by atoms with Crippen LogP contribution in [0.2, 0.25) is 0 Å². The van der Waals surface area contributed by atoms with Crippen molar-refractivity contribution in [3.8, 4) is 0 Å². The minimum atomic E-state index is -0.388. The lowest BCUT2D eigenvalue weighted by Gasteiger charge is -2.32. The Balaban J connectivity index is 1.61. The molecule has 2 aromatic heterocycles. The van der Waals surface area contributed by atoms with E-state index in [2.05, 4.69) is 10.1 Å². The number of amides is 1. The SMILES string of the molecule is Cn1nc(C2CCCN(C(=O)c3cccc(F)c3)C2)c2cccnc21. The van der Waals surface area contributed by atoms with Crippen LogP contribution in [0.25, 0.3) is 11.0 Å². The van der Waals surface area contributed by atoms with E-state index in [9.17, 15) is 9.18 Å². The molecule has 6 heteroatoms. The van der Waals surface area contributed by atoms with Crippen molar-refractivity contribution in [1.29, 1.82) is 0 Å². The molecule has 1 amide bonds. The fourth-order valence-electron chi connectivity index (χ4n) is 3.61. The zero-order chi connectivity index (χ0) is 17.4. The van der Waals surface area contributed by atoms with E-state index in [0.717, 1.165) is 29.6 Å². The second-order valence-electron chi connectivity index (χ2n) is 6.48. The molecular formula is C19H19FN4O. The number of aromatic nitrogens is 3. The van der Waals surface area contributed by atoms with Crippen molar-refractivity contribution in [3.63, 3.8) is 0 Å². The molecule has 0 radical (unpaired) electrons. The molecule has 1 aliphatic heterocycles. The average Bonchev–Trinajstić information content (AvgIpc) is 2.98. The van der Waals surface area contributed by atoms with Crippen LogP contribution < -0.4 is 0 Å². The van der Waals surface area contributed by atoms with Gasteiger partial charge >= 0.3 is 0 Å². The summed E-state index contributed by atoms with van der Waals surface area (Å²) in [5.41, 5.74) is 2.24. The zero-order valence-electron chi connectivity index (χ0n) is 14.0. The third-order valence-electron chi connectivity index (χ3n) is 4.79. The van der Waals surface area contributed by atoms with Crippen molar-refractivity contribution in [3.05, 3.63) is 59.7 Å². The monoisotopic (exact) mass is 338 g/mol. The van der Waals surface area contributed by atoms with Crippen LogP contribution in [0.3, 0.4) is 0 Å². The first-order chi connectivity index (χ1) is 12.1. The maximum atomic E-state index is 13.4. The van der Waals surface area contributed by atoms with Gasteiger partial charge in [0.2, 0.25) is 0 Å². The van der Waals surface area contributed by atoms with Crippen molar-refractivity contribution < 1.29 is 9.18 Å². The number of likely N-dealkylation sites (tertiary alicyclic amines) is 1. The molecule has 25 heavy (non-hydrogen) atoms. The highest BCUT2D eigenvalue weighted by Gasteiger charge is 2.28. The molecule has 1 saturated heterocycles. The van der Waals surface area contributed by atoms with E-state index in [0.29, 0.717) is 18.7 Å². The van der Waals surface area contributed by atoms with E-state index in [1.54, 1.807) is 27.9 Å². The second kappa shape index (κ2) is 6.27. The van der Waals surface area contributed by atoms with Crippen LogP contribution in [0.15, 0.2) is 42.6 Å². The van der Waals surface area contributed by atoms with Gasteiger partial charge in [0.05, 0.1) is 5.69 Å². The number of carbonyl (C=O) groups is 1. The van der Waals surface area contributed by atoms with Crippen LogP contribution >= 0.6 is 0 Å². The molecule has 0 spiro atoms. The van der Waals surface area contributed by atoms with Crippen LogP contribution in [-0.2, 0) is 7.05 Å². The highest BCUT2D eigenvalue weighted by molar-refractivity contribution is 5.94. The van der Waals surface area contributed by atoms with Gasteiger partial charge in [0.1, 0.15) is 5.82 Å². The summed E-state index contributed by atoms with van der Waals surface area (Å²) in [5.74, 6) is -0.345. The van der Waals surface area contributed by atoms with Crippen molar-refractivity contribution in [2.75, 3.05) is 13.1 Å². The van der Waals surface area contributed by atoms with Crippen LogP contribution in [0.5, 0.6) is 0 Å². The predicted octanol–water partition coefficient (Wildman–Crippen LogP) is 3.13. The molecule has 128 valence electrons. The number of piperidine rings is 1. The summed E-state index contributed by atoms with van der Waals surface area (Å²) in [6.45, 7) is 1.28. The Labute approximate surface area is 145 Å². The molecule has 1 fully saturated rings. The smallest absolute Gasteiger partial charge is 0.253 e. The molecule has 0 N–H and O–H groups in total. The summed E-state index contributed by atoms with van der Waals surface area (Å²) in [7, 11) is 1.89. The molecule has 0 bridgehead atoms. The second-order valence-corrected chi connectivity index (χ2v) is 6.48. The molecule has 5 nitrogen and oxygen atoms in total. The van der Waals surface area contributed by atoms with Crippen LogP contribution in [-0.4, -0.2) is 38.7 Å². The first-order valence-electron chi connectivity index (χ1n) is 8.46. The highest BCUT2D eigenvalue weighted by atomic mass is 19.1. The topological polar surface area (TPSA) is 51.0 Å². The summed E-state index contributed by atoms with van der Waals surface area (Å²) in [4.78, 5) is 18.9. The average molecular weight is 338 g/mol. The van der Waals surface area contributed by atoms with E-state index < -0.39 is 0 Å². The van der Waals surface area contributed by atoms with Gasteiger partial charge in [-0.3, -0.25) is 9.48 Å². The molecule has 4 rings (SSSR count). The molecule has 1 aliphatic rings. The third kappa shape index (κ3) is 2.88. The number of nitrogens with zero attached hydrogens (tertiary/aromatic N) is 4. The Bertz CT molecular complexity index is 936. The van der Waals surface area contributed by atoms with Gasteiger partial charge in [0.15, 0.2) is 5.65 Å². The Kier molecular flexibility index (Phi) is 3.95. The molecule has 3 aromatic rings. The first-order valence-corrected chi connectivity index (χ1v) is 8.46. The standard InChI is InChI=1S/C19H19FN4O/c1-23-18-16(8-3-9-21-18)17(22-23)14-6-4-10-24(12-14)19(25)13-5-2-7-15(20)11-13/h2-3,5,7-9,11,14H,4,6,10,12H2,1H3. The normalized spacial score (nSPS) is 17.8. The van der Waals surface area contributed by atoms with Crippen molar-refractivity contribution in [2.45, 2.75) is 18.8 Å². The van der Waals surface area contributed by atoms with Crippen molar-refractivity contribution in [2.24, 2.45) is 7.05 Å². The van der Waals surface area contributed by atoms with E-state index in [4.69, 9.17) is 0 Å². The van der Waals surface area contributed by atoms with Gasteiger partial charge in [-0.1, -0.05) is 6.07 Å². The minimum Gasteiger partial charge on any atom is -0.338 e. The summed E-state index contributed by atoms with van der Waals surface area (Å²) in [6.07, 6.45) is 3.65. The van der Waals surface area contributed by atoms with E-state index in [1.165, 1.54) is 12.1 Å². The van der Waals surface area contributed by atoms with Gasteiger partial charge in [-0.05, 0) is 43.2 Å². The van der Waals surface area contributed by atoms with E-state index in [-0.39, 0.29) is 17.6 Å². The van der Waals surface area contributed by atoms with Crippen LogP contribution in [0, 0.1) is 5.82 Å². The Morgan fingerprint density at radius 3 is 3.00 bits per heavy atom. The lowest BCUT2D eigenvalue weighted by atomic mass is 9.93. The quantitative estimate of drug-likeness (QED) is 0.721. The summed E-state index contributed by atoms with van der Waals surface area (Å²) in [5, 5.41) is 5.69. The summed E-state index contributed by atoms with van der Waals surface area (Å²) < 4.78 is 15.2. The number of halogens is 1. The number of hydrogen-bond donors (Lipinski definition) is 0. The minimum absolute atomic E-state index is 0.123. The number of aryl methyl sites for hydroxylation is 1. The number of carbonyl (C=O) groups excluding carboxylic acids is 1. The van der Waals surface area contributed by atoms with Gasteiger partial charge in [-0.15, -0.1) is 0 Å². The third-order valence-corrected chi connectivity index (χ3v) is 4.79. The van der Waals surface area contributed by atoms with Crippen molar-refractivity contribution >= 4 is 16.9 Å². The number of rotatable bonds is 2. The molecule has 1 unspecified atom stereocenters. The van der Waals surface area contributed by atoms with Gasteiger partial charge in [-0.2, -0.15) is 5.10 Å². The lowest BCUT2D eigenvalue weighted by molar-refractivity contribution is 0.0705. The first kappa shape index (κ1) is 15.7. The van der Waals surface area contributed by atoms with Crippen molar-refractivity contribution in [1.82, 2.24) is 19.7 Å². The maximum Gasteiger partial charge on any atom is 0.253 e. The van der Waals surface area contributed by atoms with Crippen LogP contribution in [0.4, 0.5) is 4.39 Å². The van der Waals surface area contributed by atoms with E-state index in [1.807, 2.05) is 19.2 Å². The number of fused-ring (bicyclic) bond motifs is 1. The van der Waals surface area contributed by atoms with Gasteiger partial charge in [0, 0.05) is 43.2 Å². The molecular weight excluding hydrogens is 319 g/mol. The molecule has 0 aliphatic carbocycles. The fourth-order valence-corrected chi connectivity index (χ4v) is 3.61. The van der Waals surface area contributed by atoms with Gasteiger partial charge in [0.25, 0.3) is 5.91 Å². The Hall–Kier alpha value is -2.76. The van der Waals surface area contributed by atoms with E-state index >= 15 is 0 Å². The summed E-state index contributed by atoms with van der Waals surface area (Å²) in [6, 6.07) is 9.82. The number of pyridine rings is 1. The molecule has 0 saturated carbocycles. The number of benzene rings is 1. The molecule has 3 heterocycles. The Morgan fingerprint density at radius 2 is 2.16 bits per heavy atom. The molecule has 1 aromatic carbocycles. The molecule has 1 atom stereocenters. The van der Waals surface area contributed by atoms with Gasteiger partial charge < -0.3 is 4.90 Å². The summed E-state index contributed by atoms with van der Waals surface area (Å²) >= 11 is 0. The number of hydrogen-bond acceptors (Lipinski definition) is 3. The Morgan fingerprint density at radius 1 is 1.28 bits per heavy atom. The van der Waals surface area contributed by atoms with Gasteiger partial charge in [-0.25, -0.2) is 9.37 Å². The largest absolute Gasteiger partial charge is 0.338 e. The lowest BCUT2D eigenvalue weighted by Crippen LogP contribution is -2.39. The fraction of sp³-hybridized carbons (Fsp3) is 0.316. The zero-order valence-corrected chi connectivity index (χ0v) is 14.0. The highest BCUT2D eigenvalue weighted by Crippen LogP contribution is 2.31. The van der Waals surface area contributed by atoms with Crippen LogP contribution in [0.1, 0.15) is 34.8 Å². The predicted molar refractivity (Wildman–Crippen MR) is 92.8 cm³/mol. The maximum absolute atomic E-state index is 13.4.